The number of anilines is 1. The molecule has 0 radical (unpaired) electrons. The minimum atomic E-state index is -3.72. The molecule has 0 saturated carbocycles. The van der Waals surface area contributed by atoms with Gasteiger partial charge in [-0.15, -0.1) is 0 Å². The van der Waals surface area contributed by atoms with Crippen molar-refractivity contribution in [2.45, 2.75) is 50.5 Å². The van der Waals surface area contributed by atoms with Gasteiger partial charge in [-0.1, -0.05) is 13.8 Å². The van der Waals surface area contributed by atoms with Crippen LogP contribution in [0.2, 0.25) is 0 Å². The number of likely N-dealkylation sites (tertiary alicyclic amines) is 1. The minimum Gasteiger partial charge on any atom is -0.496 e. The second-order valence-electron chi connectivity index (χ2n) is 8.26. The smallest absolute Gasteiger partial charge is 0.262 e. The van der Waals surface area contributed by atoms with Crippen LogP contribution in [0.1, 0.15) is 43.7 Å². The summed E-state index contributed by atoms with van der Waals surface area (Å²) < 4.78 is 40.2. The van der Waals surface area contributed by atoms with Gasteiger partial charge < -0.3 is 14.4 Å². The van der Waals surface area contributed by atoms with E-state index in [9.17, 15) is 8.42 Å². The summed E-state index contributed by atoms with van der Waals surface area (Å²) in [7, 11) is -0.00676. The fourth-order valence-corrected chi connectivity index (χ4v) is 5.02. The maximum atomic E-state index is 13.0. The van der Waals surface area contributed by atoms with E-state index in [4.69, 9.17) is 9.47 Å². The van der Waals surface area contributed by atoms with Crippen molar-refractivity contribution in [1.82, 2.24) is 4.90 Å². The van der Waals surface area contributed by atoms with Crippen LogP contribution in [-0.4, -0.2) is 46.7 Å². The third-order valence-electron chi connectivity index (χ3n) is 5.51. The summed E-state index contributed by atoms with van der Waals surface area (Å²) in [5.74, 6) is 1.61. The number of hydrogen-bond acceptors (Lipinski definition) is 5. The lowest BCUT2D eigenvalue weighted by atomic mass is 10.0. The number of nitrogens with zero attached hydrogens (tertiary/aromatic N) is 1. The Bertz CT molecular complexity index is 963. The van der Waals surface area contributed by atoms with Gasteiger partial charge in [0.2, 0.25) is 0 Å². The van der Waals surface area contributed by atoms with Crippen molar-refractivity contribution in [2.24, 2.45) is 0 Å². The van der Waals surface area contributed by atoms with E-state index in [1.807, 2.05) is 26.0 Å². The van der Waals surface area contributed by atoms with E-state index >= 15 is 0 Å². The van der Waals surface area contributed by atoms with Crippen LogP contribution in [0.15, 0.2) is 41.3 Å². The van der Waals surface area contributed by atoms with Gasteiger partial charge in [-0.3, -0.25) is 4.72 Å². The molecule has 0 bridgehead atoms. The van der Waals surface area contributed by atoms with Gasteiger partial charge in [0.1, 0.15) is 17.6 Å². The summed E-state index contributed by atoms with van der Waals surface area (Å²) in [4.78, 5) is 2.56. The van der Waals surface area contributed by atoms with Crippen molar-refractivity contribution in [3.8, 4) is 11.5 Å². The number of rotatable bonds is 7. The Labute approximate surface area is 180 Å². The third kappa shape index (κ3) is 5.26. The number of ether oxygens (including phenoxy) is 2. The first-order valence-electron chi connectivity index (χ1n) is 10.4. The van der Waals surface area contributed by atoms with Crippen LogP contribution in [0, 0.1) is 6.92 Å². The van der Waals surface area contributed by atoms with Crippen LogP contribution in [0.3, 0.4) is 0 Å². The molecule has 0 aromatic heterocycles. The zero-order chi connectivity index (χ0) is 21.9. The first-order chi connectivity index (χ1) is 14.2. The van der Waals surface area contributed by atoms with Gasteiger partial charge in [0.15, 0.2) is 0 Å². The monoisotopic (exact) mass is 432 g/mol. The highest BCUT2D eigenvalue weighted by Gasteiger charge is 2.22. The molecule has 0 spiro atoms. The minimum absolute atomic E-state index is 0.144. The lowest BCUT2D eigenvalue weighted by Crippen LogP contribution is -2.35. The highest BCUT2D eigenvalue weighted by Crippen LogP contribution is 2.32. The molecule has 1 aliphatic rings. The predicted octanol–water partition coefficient (Wildman–Crippen LogP) is 4.40. The molecule has 0 aliphatic carbocycles. The van der Waals surface area contributed by atoms with E-state index < -0.39 is 10.0 Å². The van der Waals surface area contributed by atoms with E-state index in [1.54, 1.807) is 38.3 Å². The molecular formula is C23H32N2O4S. The van der Waals surface area contributed by atoms with Gasteiger partial charge in [-0.05, 0) is 80.3 Å². The second-order valence-corrected chi connectivity index (χ2v) is 9.92. The van der Waals surface area contributed by atoms with Crippen molar-refractivity contribution in [2.75, 3.05) is 32.0 Å². The predicted molar refractivity (Wildman–Crippen MR) is 120 cm³/mol. The zero-order valence-electron chi connectivity index (χ0n) is 18.4. The van der Waals surface area contributed by atoms with Gasteiger partial charge in [-0.2, -0.15) is 0 Å². The molecule has 3 rings (SSSR count). The molecule has 0 atom stereocenters. The van der Waals surface area contributed by atoms with E-state index in [0.29, 0.717) is 17.0 Å². The lowest BCUT2D eigenvalue weighted by molar-refractivity contribution is 0.114. The van der Waals surface area contributed by atoms with Crippen LogP contribution in [0.4, 0.5) is 5.69 Å². The second kappa shape index (κ2) is 9.27. The summed E-state index contributed by atoms with van der Waals surface area (Å²) in [5.41, 5.74) is 2.02. The summed E-state index contributed by atoms with van der Waals surface area (Å²) >= 11 is 0. The van der Waals surface area contributed by atoms with Crippen LogP contribution in [-0.2, 0) is 10.0 Å². The molecule has 6 nitrogen and oxygen atoms in total. The van der Waals surface area contributed by atoms with Crippen molar-refractivity contribution in [1.29, 1.82) is 0 Å². The Kier molecular flexibility index (Phi) is 6.93. The van der Waals surface area contributed by atoms with E-state index in [1.165, 1.54) is 0 Å². The number of nitrogens with one attached hydrogen (secondary N) is 1. The SMILES string of the molecule is COc1cc(C)c(S(=O)(=O)Nc2ccc(OC3CCN(C)CC3)cc2)cc1C(C)C. The largest absolute Gasteiger partial charge is 0.496 e. The average Bonchev–Trinajstić information content (AvgIpc) is 2.70. The fourth-order valence-electron chi connectivity index (χ4n) is 3.70. The highest BCUT2D eigenvalue weighted by molar-refractivity contribution is 7.92. The molecule has 1 aliphatic heterocycles. The molecule has 30 heavy (non-hydrogen) atoms. The molecule has 1 N–H and O–H groups in total. The van der Waals surface area contributed by atoms with E-state index in [2.05, 4.69) is 16.7 Å². The number of sulfonamides is 1. The topological polar surface area (TPSA) is 67.9 Å². The van der Waals surface area contributed by atoms with Crippen molar-refractivity contribution < 1.29 is 17.9 Å². The van der Waals surface area contributed by atoms with Crippen LogP contribution in [0.25, 0.3) is 0 Å². The highest BCUT2D eigenvalue weighted by atomic mass is 32.2. The number of methoxy groups -OCH3 is 1. The first-order valence-corrected chi connectivity index (χ1v) is 11.8. The molecule has 1 fully saturated rings. The first kappa shape index (κ1) is 22.4. The molecule has 164 valence electrons. The third-order valence-corrected chi connectivity index (χ3v) is 7.04. The molecule has 1 heterocycles. The number of benzene rings is 2. The van der Waals surface area contributed by atoms with Gasteiger partial charge in [0.05, 0.1) is 12.0 Å². The fraction of sp³-hybridized carbons (Fsp3) is 0.478. The molecule has 2 aromatic rings. The molecular weight excluding hydrogens is 400 g/mol. The number of hydrogen-bond donors (Lipinski definition) is 1. The number of aryl methyl sites for hydroxylation is 1. The molecule has 0 amide bonds. The summed E-state index contributed by atoms with van der Waals surface area (Å²) in [6.07, 6.45) is 2.21. The van der Waals surface area contributed by atoms with Gasteiger partial charge in [-0.25, -0.2) is 8.42 Å². The van der Waals surface area contributed by atoms with E-state index in [0.717, 1.165) is 37.2 Å². The maximum Gasteiger partial charge on any atom is 0.262 e. The Morgan fingerprint density at radius 3 is 2.30 bits per heavy atom. The Balaban J connectivity index is 1.75. The normalized spacial score (nSPS) is 15.9. The Morgan fingerprint density at radius 1 is 1.10 bits per heavy atom. The Morgan fingerprint density at radius 2 is 1.73 bits per heavy atom. The van der Waals surface area contributed by atoms with Gasteiger partial charge in [0, 0.05) is 18.8 Å². The van der Waals surface area contributed by atoms with Crippen LogP contribution >= 0.6 is 0 Å². The van der Waals surface area contributed by atoms with E-state index in [-0.39, 0.29) is 16.9 Å². The summed E-state index contributed by atoms with van der Waals surface area (Å²) in [5, 5.41) is 0. The maximum absolute atomic E-state index is 13.0. The number of piperidine rings is 1. The average molecular weight is 433 g/mol. The molecule has 1 saturated heterocycles. The zero-order valence-corrected chi connectivity index (χ0v) is 19.3. The quantitative estimate of drug-likeness (QED) is 0.702. The van der Waals surface area contributed by atoms with Crippen molar-refractivity contribution >= 4 is 15.7 Å². The standard InChI is InChI=1S/C23H32N2O4S/c1-16(2)21-15-23(17(3)14-22(21)28-5)30(26,27)24-18-6-8-19(9-7-18)29-20-10-12-25(4)13-11-20/h6-9,14-16,20,24H,10-13H2,1-5H3. The lowest BCUT2D eigenvalue weighted by Gasteiger charge is -2.29. The molecule has 2 aromatic carbocycles. The summed E-state index contributed by atoms with van der Waals surface area (Å²) in [6, 6.07) is 10.6. The summed E-state index contributed by atoms with van der Waals surface area (Å²) in [6.45, 7) is 7.87. The van der Waals surface area contributed by atoms with Gasteiger partial charge >= 0.3 is 0 Å². The molecule has 0 unspecified atom stereocenters. The van der Waals surface area contributed by atoms with Gasteiger partial charge in [0.25, 0.3) is 10.0 Å². The van der Waals surface area contributed by atoms with Crippen molar-refractivity contribution in [3.05, 3.63) is 47.5 Å². The van der Waals surface area contributed by atoms with Crippen molar-refractivity contribution in [3.63, 3.8) is 0 Å². The Hall–Kier alpha value is -2.25. The molecule has 7 heteroatoms. The van der Waals surface area contributed by atoms with Crippen LogP contribution in [0.5, 0.6) is 11.5 Å². The van der Waals surface area contributed by atoms with Crippen LogP contribution < -0.4 is 14.2 Å².